The summed E-state index contributed by atoms with van der Waals surface area (Å²) in [5, 5.41) is 0. The van der Waals surface area contributed by atoms with Crippen molar-refractivity contribution in [2.24, 2.45) is 0 Å². The molecule has 0 saturated carbocycles. The monoisotopic (exact) mass is 275 g/mol. The Morgan fingerprint density at radius 3 is 1.65 bits per heavy atom. The molecule has 0 amide bonds. The number of anilines is 3. The maximum Gasteiger partial charge on any atom is 0.289 e. The van der Waals surface area contributed by atoms with Crippen molar-refractivity contribution < 1.29 is 0 Å². The fraction of sp³-hybridized carbons (Fsp3) is 0. The number of rotatable bonds is 1. The molecule has 4 rings (SSSR count). The second kappa shape index (κ2) is 4.73. The first kappa shape index (κ1) is 11.6. The average molecular weight is 275 g/mol. The highest BCUT2D eigenvalue weighted by Gasteiger charge is 2.34. The lowest BCUT2D eigenvalue weighted by Crippen LogP contribution is -2.17. The van der Waals surface area contributed by atoms with Gasteiger partial charge in [0.25, 0.3) is 11.8 Å². The van der Waals surface area contributed by atoms with Gasteiger partial charge >= 0.3 is 0 Å². The van der Waals surface area contributed by atoms with Crippen LogP contribution in [0, 0.1) is 0 Å². The predicted octanol–water partition coefficient (Wildman–Crippen LogP) is 4.97. The van der Waals surface area contributed by atoms with Crippen molar-refractivity contribution in [1.82, 2.24) is 0 Å². The highest BCUT2D eigenvalue weighted by molar-refractivity contribution is 7.79. The van der Waals surface area contributed by atoms with E-state index in [-0.39, 0.29) is 0 Å². The van der Waals surface area contributed by atoms with Crippen LogP contribution in [0.15, 0.2) is 88.7 Å². The molecule has 0 saturated heterocycles. The van der Waals surface area contributed by atoms with Gasteiger partial charge in [-0.3, -0.25) is 0 Å². The molecule has 0 aliphatic carbocycles. The zero-order chi connectivity index (χ0) is 13.4. The molecule has 0 aromatic heterocycles. The molecule has 1 heterocycles. The number of hydrogen-bond donors (Lipinski definition) is 0. The summed E-state index contributed by atoms with van der Waals surface area (Å²) in [5.74, 6) is 0. The molecule has 0 bridgehead atoms. The van der Waals surface area contributed by atoms with Crippen LogP contribution in [-0.2, 0) is 11.8 Å². The first-order valence-electron chi connectivity index (χ1n) is 6.64. The Morgan fingerprint density at radius 2 is 1.05 bits per heavy atom. The summed E-state index contributed by atoms with van der Waals surface area (Å²) in [6, 6.07) is 27.7. The lowest BCUT2D eigenvalue weighted by molar-refractivity contribution is 1.16. The summed E-state index contributed by atoms with van der Waals surface area (Å²) in [6.07, 6.45) is 0. The molecule has 20 heavy (non-hydrogen) atoms. The van der Waals surface area contributed by atoms with Crippen molar-refractivity contribution in [3.8, 4) is 0 Å². The molecule has 1 radical (unpaired) electrons. The van der Waals surface area contributed by atoms with Crippen LogP contribution in [0.1, 0.15) is 0 Å². The Morgan fingerprint density at radius 1 is 0.550 bits per heavy atom. The molecule has 0 spiro atoms. The standard InChI is InChI=1S/C18H13NS/c1-2-8-14(9-3-1)19-15-10-4-6-12-17(15)20-18-13-7-5-11-16(18)19/h1-13H/q+1. The lowest BCUT2D eigenvalue weighted by atomic mass is 10.2. The van der Waals surface area contributed by atoms with E-state index < -0.39 is 0 Å². The lowest BCUT2D eigenvalue weighted by Gasteiger charge is -2.26. The van der Waals surface area contributed by atoms with Crippen molar-refractivity contribution >= 4 is 28.8 Å². The molecular formula is C18H13NS+. The van der Waals surface area contributed by atoms with Gasteiger partial charge in [-0.15, -0.1) is 0 Å². The van der Waals surface area contributed by atoms with Crippen molar-refractivity contribution in [3.63, 3.8) is 0 Å². The number of benzene rings is 3. The van der Waals surface area contributed by atoms with Gasteiger partial charge < -0.3 is 4.90 Å². The molecule has 2 heteroatoms. The van der Waals surface area contributed by atoms with Gasteiger partial charge in [-0.1, -0.05) is 42.5 Å². The number of hydrogen-bond acceptors (Lipinski definition) is 2. The van der Waals surface area contributed by atoms with Gasteiger partial charge in [-0.25, -0.2) is 0 Å². The largest absolute Gasteiger partial charge is 0.301 e. The Hall–Kier alpha value is -2.19. The highest BCUT2D eigenvalue weighted by Crippen LogP contribution is 2.44. The molecule has 0 atom stereocenters. The minimum Gasteiger partial charge on any atom is -0.301 e. The van der Waals surface area contributed by atoms with Gasteiger partial charge in [0.15, 0.2) is 0 Å². The smallest absolute Gasteiger partial charge is 0.289 e. The van der Waals surface area contributed by atoms with E-state index in [1.54, 1.807) is 0 Å². The third kappa shape index (κ3) is 1.81. The van der Waals surface area contributed by atoms with Crippen molar-refractivity contribution in [2.45, 2.75) is 9.79 Å². The summed E-state index contributed by atoms with van der Waals surface area (Å²) in [4.78, 5) is 4.94. The normalized spacial score (nSPS) is 12.7. The second-order valence-corrected chi connectivity index (χ2v) is 5.79. The maximum absolute atomic E-state index is 2.33. The topological polar surface area (TPSA) is 3.24 Å². The molecule has 0 fully saturated rings. The molecule has 3 aromatic rings. The first-order valence-corrected chi connectivity index (χ1v) is 7.46. The van der Waals surface area contributed by atoms with E-state index in [1.165, 1.54) is 26.9 Å². The van der Waals surface area contributed by atoms with Gasteiger partial charge in [0, 0.05) is 17.8 Å². The van der Waals surface area contributed by atoms with E-state index >= 15 is 0 Å². The third-order valence-corrected chi connectivity index (χ3v) is 4.58. The van der Waals surface area contributed by atoms with Crippen LogP contribution in [0.4, 0.5) is 17.1 Å². The third-order valence-electron chi connectivity index (χ3n) is 3.45. The Balaban J connectivity index is 1.98. The summed E-state index contributed by atoms with van der Waals surface area (Å²) in [7, 11) is 0. The van der Waals surface area contributed by atoms with Crippen molar-refractivity contribution in [1.29, 1.82) is 0 Å². The van der Waals surface area contributed by atoms with Crippen LogP contribution in [0.25, 0.3) is 0 Å². The SMILES string of the molecule is c1ccc(N2c3ccccc3[S+]c3ccccc32)cc1. The van der Waals surface area contributed by atoms with Crippen LogP contribution in [0.2, 0.25) is 0 Å². The maximum atomic E-state index is 2.33. The fourth-order valence-corrected chi connectivity index (χ4v) is 3.62. The van der Waals surface area contributed by atoms with Crippen LogP contribution < -0.4 is 4.90 Å². The molecule has 1 aliphatic rings. The summed E-state index contributed by atoms with van der Waals surface area (Å²) >= 11 is 1.84. The summed E-state index contributed by atoms with van der Waals surface area (Å²) in [5.41, 5.74) is 3.71. The van der Waals surface area contributed by atoms with Crippen molar-refractivity contribution in [3.05, 3.63) is 78.9 Å². The summed E-state index contributed by atoms with van der Waals surface area (Å²) < 4.78 is 0. The van der Waals surface area contributed by atoms with Crippen LogP contribution >= 0.6 is 0 Å². The molecule has 0 N–H and O–H groups in total. The van der Waals surface area contributed by atoms with E-state index in [0.717, 1.165) is 0 Å². The van der Waals surface area contributed by atoms with E-state index in [0.29, 0.717) is 0 Å². The zero-order valence-electron chi connectivity index (χ0n) is 10.9. The van der Waals surface area contributed by atoms with Gasteiger partial charge in [0.1, 0.15) is 11.4 Å². The molecule has 1 aliphatic heterocycles. The molecule has 0 unspecified atom stereocenters. The van der Waals surface area contributed by atoms with Crippen LogP contribution in [-0.4, -0.2) is 0 Å². The number of fused-ring (bicyclic) bond motifs is 2. The van der Waals surface area contributed by atoms with Gasteiger partial charge in [0.2, 0.25) is 9.79 Å². The first-order chi connectivity index (χ1) is 9.93. The van der Waals surface area contributed by atoms with Gasteiger partial charge in [-0.2, -0.15) is 0 Å². The molecule has 3 aromatic carbocycles. The predicted molar refractivity (Wildman–Crippen MR) is 85.0 cm³/mol. The van der Waals surface area contributed by atoms with Gasteiger partial charge in [-0.05, 0) is 24.3 Å². The minimum atomic E-state index is 1.20. The Labute approximate surface area is 122 Å². The van der Waals surface area contributed by atoms with Crippen LogP contribution in [0.3, 0.4) is 0 Å². The molecule has 1 nitrogen and oxygen atoms in total. The Kier molecular flexibility index (Phi) is 2.75. The highest BCUT2D eigenvalue weighted by atomic mass is 32.2. The van der Waals surface area contributed by atoms with Crippen molar-refractivity contribution in [2.75, 3.05) is 4.90 Å². The zero-order valence-corrected chi connectivity index (χ0v) is 11.7. The van der Waals surface area contributed by atoms with Crippen LogP contribution in [0.5, 0.6) is 0 Å². The average Bonchev–Trinajstić information content (AvgIpc) is 2.53. The second-order valence-electron chi connectivity index (χ2n) is 4.71. The number of para-hydroxylation sites is 3. The number of nitrogens with zero attached hydrogens (tertiary/aromatic N) is 1. The molecule has 95 valence electrons. The van der Waals surface area contributed by atoms with Gasteiger partial charge in [0.05, 0.1) is 0 Å². The molecular weight excluding hydrogens is 262 g/mol. The summed E-state index contributed by atoms with van der Waals surface area (Å²) in [6.45, 7) is 0. The van der Waals surface area contributed by atoms with E-state index in [4.69, 9.17) is 0 Å². The quantitative estimate of drug-likeness (QED) is 0.451. The Bertz CT molecular complexity index is 707. The van der Waals surface area contributed by atoms with E-state index in [9.17, 15) is 0 Å². The fourth-order valence-electron chi connectivity index (χ4n) is 2.56. The minimum absolute atomic E-state index is 1.20. The van der Waals surface area contributed by atoms with E-state index in [2.05, 4.69) is 83.8 Å². The van der Waals surface area contributed by atoms with E-state index in [1.807, 2.05) is 11.8 Å².